The molecule has 6 amide bonds. The highest BCUT2D eigenvalue weighted by atomic mass is 16.2. The van der Waals surface area contributed by atoms with Gasteiger partial charge in [-0.15, -0.1) is 0 Å². The maximum atomic E-state index is 14.1. The molecule has 0 aliphatic carbocycles. The normalized spacial score (nSPS) is 15.4. The first-order chi connectivity index (χ1) is 25.9. The van der Waals surface area contributed by atoms with Crippen molar-refractivity contribution in [1.82, 2.24) is 31.2 Å². The van der Waals surface area contributed by atoms with Gasteiger partial charge >= 0.3 is 0 Å². The number of benzene rings is 2. The van der Waals surface area contributed by atoms with Crippen LogP contribution in [0.4, 0.5) is 0 Å². The Bertz CT molecular complexity index is 1820. The minimum absolute atomic E-state index is 0.119. The lowest BCUT2D eigenvalue weighted by atomic mass is 10.00. The number of aromatic nitrogens is 1. The molecule has 1 unspecified atom stereocenters. The third kappa shape index (κ3) is 12.3. The van der Waals surface area contributed by atoms with Crippen LogP contribution >= 0.6 is 0 Å². The van der Waals surface area contributed by atoms with Gasteiger partial charge in [0.05, 0.1) is 0 Å². The van der Waals surface area contributed by atoms with Crippen molar-refractivity contribution < 1.29 is 28.8 Å². The van der Waals surface area contributed by atoms with E-state index >= 15 is 0 Å². The van der Waals surface area contributed by atoms with E-state index in [0.29, 0.717) is 38.6 Å². The summed E-state index contributed by atoms with van der Waals surface area (Å²) in [6, 6.07) is 14.5. The van der Waals surface area contributed by atoms with Gasteiger partial charge in [0.2, 0.25) is 29.5 Å². The summed E-state index contributed by atoms with van der Waals surface area (Å²) in [4.78, 5) is 88.0. The number of unbranched alkanes of at least 4 members (excludes halogenated alkanes) is 1. The zero-order valence-corrected chi connectivity index (χ0v) is 30.5. The molecule has 0 radical (unpaired) electrons. The second-order valence-corrected chi connectivity index (χ2v) is 13.3. The fourth-order valence-corrected chi connectivity index (χ4v) is 6.42. The molecule has 2 aromatic carbocycles. The third-order valence-corrected chi connectivity index (χ3v) is 9.11. The third-order valence-electron chi connectivity index (χ3n) is 9.11. The Morgan fingerprint density at radius 3 is 2.24 bits per heavy atom. The van der Waals surface area contributed by atoms with E-state index in [9.17, 15) is 28.8 Å². The van der Waals surface area contributed by atoms with Crippen molar-refractivity contribution in [3.8, 4) is 0 Å². The highest BCUT2D eigenvalue weighted by Gasteiger charge is 2.37. The van der Waals surface area contributed by atoms with Crippen LogP contribution in [-0.2, 0) is 30.4 Å². The first-order valence-corrected chi connectivity index (χ1v) is 18.1. The van der Waals surface area contributed by atoms with Crippen LogP contribution in [0.15, 0.2) is 71.9 Å². The van der Waals surface area contributed by atoms with E-state index in [4.69, 9.17) is 17.2 Å². The molecule has 2 heterocycles. The van der Waals surface area contributed by atoms with E-state index in [1.807, 2.05) is 42.5 Å². The first-order valence-electron chi connectivity index (χ1n) is 18.1. The molecule has 1 fully saturated rings. The van der Waals surface area contributed by atoms with Gasteiger partial charge in [0, 0.05) is 39.2 Å². The van der Waals surface area contributed by atoms with Crippen molar-refractivity contribution in [2.75, 3.05) is 19.6 Å². The van der Waals surface area contributed by atoms with Crippen LogP contribution in [0.25, 0.3) is 10.8 Å². The highest BCUT2D eigenvalue weighted by Crippen LogP contribution is 2.20. The molecular weight excluding hydrogens is 692 g/mol. The number of nitrogens with two attached hydrogens (primary N) is 3. The predicted octanol–water partition coefficient (Wildman–Crippen LogP) is 0.382. The van der Waals surface area contributed by atoms with Gasteiger partial charge in [0.15, 0.2) is 5.96 Å². The first kappa shape index (κ1) is 40.7. The smallest absolute Gasteiger partial charge is 0.269 e. The van der Waals surface area contributed by atoms with Crippen LogP contribution in [0.5, 0.6) is 0 Å². The molecule has 1 aromatic heterocycles. The number of hydrogen-bond donors (Lipinski definition) is 7. The minimum Gasteiger partial charge on any atom is -0.370 e. The standard InChI is InChI=1S/C38H50N10O6/c1-24(49)45-31(23-25-16-17-26-10-2-3-11-27(26)22-25)36(53)46-29(13-5-7-19-43-34(51)28-12-4-6-18-42-28)35(52)47-30(14-8-20-44-38(40)41)37(54)48-21-9-15-32(48)33(39)50/h2-4,6,10-12,16-18,22,29-32H,5,7-9,13-15,19-21,23H2,1H3,(H2,39,50)(H,43,51)(H,45,49)(H,46,53)(H,47,52)(H4,40,41,44)/t29-,30?,31-,32-/m0/s1. The molecular formula is C38H50N10O6. The van der Waals surface area contributed by atoms with E-state index in [0.717, 1.165) is 16.3 Å². The van der Waals surface area contributed by atoms with Crippen LogP contribution in [0.1, 0.15) is 67.9 Å². The van der Waals surface area contributed by atoms with E-state index in [1.54, 1.807) is 18.2 Å². The molecule has 10 N–H and O–H groups in total. The number of guanidine groups is 1. The number of hydrogen-bond acceptors (Lipinski definition) is 8. The number of fused-ring (bicyclic) bond motifs is 1. The lowest BCUT2D eigenvalue weighted by Gasteiger charge is -2.29. The Hall–Kier alpha value is -6.06. The molecule has 4 rings (SSSR count). The van der Waals surface area contributed by atoms with Gasteiger partial charge in [0.25, 0.3) is 5.91 Å². The predicted molar refractivity (Wildman–Crippen MR) is 203 cm³/mol. The number of carbonyl (C=O) groups excluding carboxylic acids is 6. The number of rotatable bonds is 19. The summed E-state index contributed by atoms with van der Waals surface area (Å²) < 4.78 is 0. The Kier molecular flexibility index (Phi) is 15.3. The van der Waals surface area contributed by atoms with Crippen LogP contribution in [0.2, 0.25) is 0 Å². The fraction of sp³-hybridized carbons (Fsp3) is 0.421. The van der Waals surface area contributed by atoms with E-state index in [2.05, 4.69) is 31.2 Å². The van der Waals surface area contributed by atoms with Gasteiger partial charge in [-0.05, 0) is 73.4 Å². The topological polar surface area (TPSA) is 257 Å². The Labute approximate surface area is 314 Å². The average molecular weight is 743 g/mol. The lowest BCUT2D eigenvalue weighted by molar-refractivity contribution is -0.141. The quantitative estimate of drug-likeness (QED) is 0.0508. The van der Waals surface area contributed by atoms with Crippen molar-refractivity contribution in [3.05, 3.63) is 78.1 Å². The van der Waals surface area contributed by atoms with E-state index in [1.165, 1.54) is 18.0 Å². The molecule has 54 heavy (non-hydrogen) atoms. The summed E-state index contributed by atoms with van der Waals surface area (Å²) in [5.41, 5.74) is 17.6. The van der Waals surface area contributed by atoms with Crippen LogP contribution in [-0.4, -0.2) is 95.1 Å². The number of likely N-dealkylation sites (tertiary alicyclic amines) is 1. The number of carbonyl (C=O) groups is 6. The molecule has 4 atom stereocenters. The molecule has 16 heteroatoms. The highest BCUT2D eigenvalue weighted by molar-refractivity contribution is 5.96. The molecule has 0 spiro atoms. The van der Waals surface area contributed by atoms with Gasteiger partial charge in [-0.25, -0.2) is 0 Å². The number of nitrogens with zero attached hydrogens (tertiary/aromatic N) is 3. The summed E-state index contributed by atoms with van der Waals surface area (Å²) in [5, 5.41) is 13.1. The summed E-state index contributed by atoms with van der Waals surface area (Å²) >= 11 is 0. The number of nitrogens with one attached hydrogen (secondary N) is 4. The Balaban J connectivity index is 1.52. The molecule has 1 aliphatic heterocycles. The van der Waals surface area contributed by atoms with Gasteiger partial charge in [-0.3, -0.25) is 38.7 Å². The van der Waals surface area contributed by atoms with Crippen molar-refractivity contribution in [2.24, 2.45) is 22.2 Å². The SMILES string of the molecule is CC(=O)N[C@@H](Cc1ccc2ccccc2c1)C(=O)N[C@@H](CCCCNC(=O)c1ccccn1)C(=O)NC(CCCN=C(N)N)C(=O)N1CCC[C@H]1C(N)=O. The summed E-state index contributed by atoms with van der Waals surface area (Å²) in [6.07, 6.45) is 4.12. The largest absolute Gasteiger partial charge is 0.370 e. The molecule has 0 bridgehead atoms. The molecule has 0 saturated carbocycles. The summed E-state index contributed by atoms with van der Waals surface area (Å²) in [7, 11) is 0. The summed E-state index contributed by atoms with van der Waals surface area (Å²) in [5.74, 6) is -3.24. The average Bonchev–Trinajstić information content (AvgIpc) is 3.65. The lowest BCUT2D eigenvalue weighted by Crippen LogP contribution is -2.58. The Morgan fingerprint density at radius 2 is 1.54 bits per heavy atom. The number of primary amides is 1. The van der Waals surface area contributed by atoms with Crippen molar-refractivity contribution in [2.45, 2.75) is 82.5 Å². The van der Waals surface area contributed by atoms with Gasteiger partial charge in [-0.1, -0.05) is 48.5 Å². The van der Waals surface area contributed by atoms with Crippen molar-refractivity contribution >= 4 is 52.2 Å². The molecule has 1 aliphatic rings. The minimum atomic E-state index is -1.13. The maximum absolute atomic E-state index is 14.1. The van der Waals surface area contributed by atoms with Crippen LogP contribution < -0.4 is 38.5 Å². The second kappa shape index (κ2) is 20.3. The fourth-order valence-electron chi connectivity index (χ4n) is 6.42. The Morgan fingerprint density at radius 1 is 0.833 bits per heavy atom. The van der Waals surface area contributed by atoms with E-state index < -0.39 is 53.7 Å². The number of aliphatic imine (C=N–C) groups is 1. The molecule has 3 aromatic rings. The monoisotopic (exact) mass is 742 g/mol. The second-order valence-electron chi connectivity index (χ2n) is 13.3. The van der Waals surface area contributed by atoms with Gasteiger partial charge < -0.3 is 43.4 Å². The van der Waals surface area contributed by atoms with Crippen LogP contribution in [0.3, 0.4) is 0 Å². The maximum Gasteiger partial charge on any atom is 0.269 e. The zero-order chi connectivity index (χ0) is 39.0. The number of pyridine rings is 1. The molecule has 288 valence electrons. The molecule has 1 saturated heterocycles. The van der Waals surface area contributed by atoms with Gasteiger partial charge in [0.1, 0.15) is 29.9 Å². The molecule has 16 nitrogen and oxygen atoms in total. The van der Waals surface area contributed by atoms with Crippen molar-refractivity contribution in [3.63, 3.8) is 0 Å². The van der Waals surface area contributed by atoms with Crippen LogP contribution in [0, 0.1) is 0 Å². The van der Waals surface area contributed by atoms with Gasteiger partial charge in [-0.2, -0.15) is 0 Å². The van der Waals surface area contributed by atoms with Crippen molar-refractivity contribution in [1.29, 1.82) is 0 Å². The summed E-state index contributed by atoms with van der Waals surface area (Å²) in [6.45, 7) is 2.08. The number of amides is 6. The zero-order valence-electron chi connectivity index (χ0n) is 30.5. The van der Waals surface area contributed by atoms with E-state index in [-0.39, 0.29) is 49.9 Å².